The van der Waals surface area contributed by atoms with E-state index in [1.54, 1.807) is 7.11 Å². The molecule has 1 unspecified atom stereocenters. The molecule has 0 heterocycles. The van der Waals surface area contributed by atoms with E-state index in [1.165, 1.54) is 12.8 Å². The molecule has 4 heteroatoms. The molecular weight excluding hydrogens is 266 g/mol. The van der Waals surface area contributed by atoms with Crippen molar-refractivity contribution in [3.63, 3.8) is 0 Å². The Morgan fingerprint density at radius 3 is 2.71 bits per heavy atom. The second-order valence-electron chi connectivity index (χ2n) is 5.84. The molecule has 118 valence electrons. The predicted octanol–water partition coefficient (Wildman–Crippen LogP) is 2.75. The van der Waals surface area contributed by atoms with Gasteiger partial charge in [-0.1, -0.05) is 13.0 Å². The van der Waals surface area contributed by atoms with Gasteiger partial charge in [0.05, 0.1) is 20.3 Å². The van der Waals surface area contributed by atoms with Crippen LogP contribution in [0.4, 0.5) is 0 Å². The second kappa shape index (κ2) is 7.66. The summed E-state index contributed by atoms with van der Waals surface area (Å²) in [6, 6.07) is 8.26. The molecule has 2 N–H and O–H groups in total. The van der Waals surface area contributed by atoms with Gasteiger partial charge in [0, 0.05) is 17.6 Å². The molecular formula is C17H27NO3. The number of aliphatic hydroxyl groups excluding tert-OH is 1. The second-order valence-corrected chi connectivity index (χ2v) is 5.84. The van der Waals surface area contributed by atoms with E-state index >= 15 is 0 Å². The Balaban J connectivity index is 1.76. The summed E-state index contributed by atoms with van der Waals surface area (Å²) in [5.74, 6) is 1.64. The highest BCUT2D eigenvalue weighted by molar-refractivity contribution is 5.32. The Bertz CT molecular complexity index is 428. The minimum atomic E-state index is -0.140. The molecule has 0 aromatic heterocycles. The Kier molecular flexibility index (Phi) is 5.88. The monoisotopic (exact) mass is 293 g/mol. The Labute approximate surface area is 127 Å². The van der Waals surface area contributed by atoms with Crippen LogP contribution in [-0.4, -0.2) is 37.0 Å². The van der Waals surface area contributed by atoms with E-state index in [-0.39, 0.29) is 12.1 Å². The fraction of sp³-hybridized carbons (Fsp3) is 0.647. The summed E-state index contributed by atoms with van der Waals surface area (Å²) in [7, 11) is 1.65. The molecule has 0 spiro atoms. The zero-order valence-corrected chi connectivity index (χ0v) is 13.1. The summed E-state index contributed by atoms with van der Waals surface area (Å²) in [5.41, 5.74) is -0.140. The summed E-state index contributed by atoms with van der Waals surface area (Å²) in [5, 5.41) is 13.3. The summed E-state index contributed by atoms with van der Waals surface area (Å²) in [6.07, 6.45) is 5.27. The van der Waals surface area contributed by atoms with Crippen LogP contribution < -0.4 is 14.8 Å². The average molecular weight is 293 g/mol. The van der Waals surface area contributed by atoms with Gasteiger partial charge >= 0.3 is 0 Å². The van der Waals surface area contributed by atoms with Crippen LogP contribution in [0.25, 0.3) is 0 Å². The minimum absolute atomic E-state index is 0.140. The zero-order chi connectivity index (χ0) is 15.1. The fourth-order valence-electron chi connectivity index (χ4n) is 2.54. The first-order valence-electron chi connectivity index (χ1n) is 7.87. The maximum atomic E-state index is 9.72. The number of benzene rings is 1. The van der Waals surface area contributed by atoms with E-state index in [0.717, 1.165) is 30.8 Å². The van der Waals surface area contributed by atoms with E-state index < -0.39 is 0 Å². The van der Waals surface area contributed by atoms with Crippen LogP contribution in [0.5, 0.6) is 11.5 Å². The number of rotatable bonds is 10. The van der Waals surface area contributed by atoms with Crippen molar-refractivity contribution < 1.29 is 14.6 Å². The van der Waals surface area contributed by atoms with Gasteiger partial charge in [-0.3, -0.25) is 0 Å². The lowest BCUT2D eigenvalue weighted by atomic mass is 9.91. The number of methoxy groups -OCH3 is 1. The summed E-state index contributed by atoms with van der Waals surface area (Å²) >= 11 is 0. The Morgan fingerprint density at radius 1 is 1.33 bits per heavy atom. The largest absolute Gasteiger partial charge is 0.497 e. The van der Waals surface area contributed by atoms with Crippen LogP contribution in [-0.2, 0) is 0 Å². The van der Waals surface area contributed by atoms with E-state index in [0.29, 0.717) is 12.6 Å². The van der Waals surface area contributed by atoms with Gasteiger partial charge in [-0.05, 0) is 44.2 Å². The lowest BCUT2D eigenvalue weighted by molar-refractivity contribution is 0.136. The van der Waals surface area contributed by atoms with E-state index in [1.807, 2.05) is 24.3 Å². The standard InChI is InChI=1S/C17H27NO3/c1-3-17(13-19,18-14-8-9-14)10-5-11-21-16-7-4-6-15(12-16)20-2/h4,6-7,12,14,18-19H,3,5,8-11,13H2,1-2H3. The highest BCUT2D eigenvalue weighted by Gasteiger charge is 2.33. The van der Waals surface area contributed by atoms with Gasteiger partial charge in [0.2, 0.25) is 0 Å². The zero-order valence-electron chi connectivity index (χ0n) is 13.1. The van der Waals surface area contributed by atoms with Crippen LogP contribution in [0.3, 0.4) is 0 Å². The highest BCUT2D eigenvalue weighted by atomic mass is 16.5. The highest BCUT2D eigenvalue weighted by Crippen LogP contribution is 2.27. The first-order valence-corrected chi connectivity index (χ1v) is 7.87. The summed E-state index contributed by atoms with van der Waals surface area (Å²) in [4.78, 5) is 0. The van der Waals surface area contributed by atoms with Crippen LogP contribution in [0.2, 0.25) is 0 Å². The third-order valence-electron chi connectivity index (χ3n) is 4.18. The lowest BCUT2D eigenvalue weighted by Crippen LogP contribution is -2.49. The van der Waals surface area contributed by atoms with Crippen LogP contribution in [0, 0.1) is 0 Å². The summed E-state index contributed by atoms with van der Waals surface area (Å²) in [6.45, 7) is 2.98. The first-order chi connectivity index (χ1) is 10.2. The number of hydrogen-bond donors (Lipinski definition) is 2. The van der Waals surface area contributed by atoms with Crippen molar-refractivity contribution >= 4 is 0 Å². The minimum Gasteiger partial charge on any atom is -0.497 e. The molecule has 0 saturated heterocycles. The van der Waals surface area contributed by atoms with Gasteiger partial charge in [0.1, 0.15) is 11.5 Å². The van der Waals surface area contributed by atoms with Crippen molar-refractivity contribution in [1.29, 1.82) is 0 Å². The molecule has 0 aliphatic heterocycles. The average Bonchev–Trinajstić information content (AvgIpc) is 3.34. The molecule has 1 atom stereocenters. The first kappa shape index (κ1) is 16.1. The van der Waals surface area contributed by atoms with E-state index in [4.69, 9.17) is 9.47 Å². The van der Waals surface area contributed by atoms with Crippen molar-refractivity contribution in [1.82, 2.24) is 5.32 Å². The van der Waals surface area contributed by atoms with E-state index in [9.17, 15) is 5.11 Å². The van der Waals surface area contributed by atoms with Crippen LogP contribution in [0.1, 0.15) is 39.0 Å². The van der Waals surface area contributed by atoms with Gasteiger partial charge in [-0.2, -0.15) is 0 Å². The van der Waals surface area contributed by atoms with Crippen LogP contribution in [0.15, 0.2) is 24.3 Å². The molecule has 4 nitrogen and oxygen atoms in total. The van der Waals surface area contributed by atoms with Crippen molar-refractivity contribution in [2.75, 3.05) is 20.3 Å². The van der Waals surface area contributed by atoms with Gasteiger partial charge in [-0.15, -0.1) is 0 Å². The maximum Gasteiger partial charge on any atom is 0.122 e. The molecule has 1 saturated carbocycles. The molecule has 1 fully saturated rings. The van der Waals surface area contributed by atoms with Crippen molar-refractivity contribution in [2.45, 2.75) is 50.6 Å². The topological polar surface area (TPSA) is 50.7 Å². The number of aliphatic hydroxyl groups is 1. The smallest absolute Gasteiger partial charge is 0.122 e. The normalized spacial score (nSPS) is 17.3. The van der Waals surface area contributed by atoms with Gasteiger partial charge in [0.25, 0.3) is 0 Å². The van der Waals surface area contributed by atoms with E-state index in [2.05, 4.69) is 12.2 Å². The predicted molar refractivity (Wildman–Crippen MR) is 84.0 cm³/mol. The van der Waals surface area contributed by atoms with Crippen molar-refractivity contribution in [2.24, 2.45) is 0 Å². The third kappa shape index (κ3) is 4.90. The number of ether oxygens (including phenoxy) is 2. The maximum absolute atomic E-state index is 9.72. The van der Waals surface area contributed by atoms with Crippen molar-refractivity contribution in [3.8, 4) is 11.5 Å². The summed E-state index contributed by atoms with van der Waals surface area (Å²) < 4.78 is 10.9. The molecule has 1 aliphatic carbocycles. The van der Waals surface area contributed by atoms with Crippen molar-refractivity contribution in [3.05, 3.63) is 24.3 Å². The molecule has 0 radical (unpaired) electrons. The lowest BCUT2D eigenvalue weighted by Gasteiger charge is -2.32. The molecule has 1 aliphatic rings. The quantitative estimate of drug-likeness (QED) is 0.651. The molecule has 21 heavy (non-hydrogen) atoms. The molecule has 0 bridgehead atoms. The Hall–Kier alpha value is -1.26. The van der Waals surface area contributed by atoms with Gasteiger partial charge in [0.15, 0.2) is 0 Å². The third-order valence-corrected chi connectivity index (χ3v) is 4.18. The molecule has 2 rings (SSSR count). The SMILES string of the molecule is CCC(CO)(CCCOc1cccc(OC)c1)NC1CC1. The fourth-order valence-corrected chi connectivity index (χ4v) is 2.54. The molecule has 1 aromatic carbocycles. The Morgan fingerprint density at radius 2 is 2.10 bits per heavy atom. The molecule has 0 amide bonds. The number of hydrogen-bond acceptors (Lipinski definition) is 4. The van der Waals surface area contributed by atoms with Gasteiger partial charge in [-0.25, -0.2) is 0 Å². The van der Waals surface area contributed by atoms with Gasteiger partial charge < -0.3 is 19.9 Å². The van der Waals surface area contributed by atoms with Crippen LogP contribution >= 0.6 is 0 Å². The molecule has 1 aromatic rings. The number of nitrogens with one attached hydrogen (secondary N) is 1.